The molecule has 12 heteroatoms. The minimum absolute atomic E-state index is 0.0159. The first-order valence-corrected chi connectivity index (χ1v) is 14.3. The SMILES string of the molecule is CC(C)(C)OC(=O)N1CCN(c2ccc(-c3cc(F)c4c(c3)C(=O)N(C(C(=O)O)c3ncn5c3CC(F)C5)C4)cc2)CC1. The highest BCUT2D eigenvalue weighted by Crippen LogP contribution is 2.37. The van der Waals surface area contributed by atoms with Crippen LogP contribution in [-0.4, -0.2) is 80.4 Å². The number of alkyl halides is 1. The van der Waals surface area contributed by atoms with Crippen LogP contribution < -0.4 is 4.90 Å². The van der Waals surface area contributed by atoms with Crippen molar-refractivity contribution >= 4 is 23.7 Å². The van der Waals surface area contributed by atoms with Crippen molar-refractivity contribution in [2.45, 2.75) is 58.1 Å². The number of imidazole rings is 1. The third-order valence-electron chi connectivity index (χ3n) is 8.11. The van der Waals surface area contributed by atoms with E-state index in [0.29, 0.717) is 43.0 Å². The summed E-state index contributed by atoms with van der Waals surface area (Å²) in [6, 6.07) is 8.99. The molecule has 0 radical (unpaired) electrons. The highest BCUT2D eigenvalue weighted by Gasteiger charge is 2.42. The summed E-state index contributed by atoms with van der Waals surface area (Å²) in [6.45, 7) is 7.69. The van der Waals surface area contributed by atoms with E-state index in [1.165, 1.54) is 12.4 Å². The van der Waals surface area contributed by atoms with E-state index in [9.17, 15) is 23.9 Å². The lowest BCUT2D eigenvalue weighted by Gasteiger charge is -2.36. The molecule has 2 aromatic carbocycles. The molecule has 4 heterocycles. The molecule has 3 aromatic rings. The number of hydrogen-bond acceptors (Lipinski definition) is 6. The van der Waals surface area contributed by atoms with E-state index in [1.807, 2.05) is 45.0 Å². The van der Waals surface area contributed by atoms with E-state index in [-0.39, 0.29) is 42.4 Å². The lowest BCUT2D eigenvalue weighted by atomic mass is 9.99. The summed E-state index contributed by atoms with van der Waals surface area (Å²) in [5, 5.41) is 10.1. The molecule has 0 aliphatic carbocycles. The molecule has 0 spiro atoms. The molecule has 0 bridgehead atoms. The second kappa shape index (κ2) is 10.7. The number of carboxylic acids is 1. The number of piperazine rings is 1. The molecule has 2 amide bonds. The Hall–Kier alpha value is -4.48. The molecule has 3 aliphatic heterocycles. The first-order chi connectivity index (χ1) is 20.4. The maximum Gasteiger partial charge on any atom is 0.410 e. The second-order valence-corrected chi connectivity index (χ2v) is 12.2. The first-order valence-electron chi connectivity index (χ1n) is 14.3. The van der Waals surface area contributed by atoms with Crippen molar-refractivity contribution < 1.29 is 33.0 Å². The number of aliphatic carboxylic acids is 1. The van der Waals surface area contributed by atoms with Crippen LogP contribution in [0.25, 0.3) is 11.1 Å². The first kappa shape index (κ1) is 28.6. The summed E-state index contributed by atoms with van der Waals surface area (Å²) < 4.78 is 36.4. The molecule has 6 rings (SSSR count). The van der Waals surface area contributed by atoms with E-state index in [1.54, 1.807) is 15.5 Å². The van der Waals surface area contributed by atoms with Crippen LogP contribution in [0, 0.1) is 5.82 Å². The van der Waals surface area contributed by atoms with Gasteiger partial charge >= 0.3 is 12.1 Å². The fourth-order valence-corrected chi connectivity index (χ4v) is 6.02. The number of halogens is 2. The van der Waals surface area contributed by atoms with Crippen molar-refractivity contribution in [1.82, 2.24) is 19.4 Å². The normalized spacial score (nSPS) is 19.0. The Balaban J connectivity index is 1.18. The number of ether oxygens (including phenoxy) is 1. The van der Waals surface area contributed by atoms with Crippen LogP contribution in [0.15, 0.2) is 42.7 Å². The summed E-state index contributed by atoms with van der Waals surface area (Å²) in [7, 11) is 0. The average Bonchev–Trinajstić information content (AvgIpc) is 3.61. The van der Waals surface area contributed by atoms with Gasteiger partial charge in [0.1, 0.15) is 17.6 Å². The summed E-state index contributed by atoms with van der Waals surface area (Å²) in [6.07, 6.45) is -0.0730. The van der Waals surface area contributed by atoms with Gasteiger partial charge < -0.3 is 29.1 Å². The number of aromatic nitrogens is 2. The van der Waals surface area contributed by atoms with Crippen molar-refractivity contribution in [3.05, 3.63) is 71.1 Å². The van der Waals surface area contributed by atoms with Gasteiger partial charge in [0.2, 0.25) is 0 Å². The number of rotatable bonds is 5. The predicted molar refractivity (Wildman–Crippen MR) is 153 cm³/mol. The molecule has 43 heavy (non-hydrogen) atoms. The molecule has 2 unspecified atom stereocenters. The van der Waals surface area contributed by atoms with Gasteiger partial charge in [-0.3, -0.25) is 4.79 Å². The van der Waals surface area contributed by atoms with Gasteiger partial charge in [-0.2, -0.15) is 0 Å². The van der Waals surface area contributed by atoms with Crippen LogP contribution >= 0.6 is 0 Å². The fourth-order valence-electron chi connectivity index (χ4n) is 6.02. The lowest BCUT2D eigenvalue weighted by Crippen LogP contribution is -2.50. The van der Waals surface area contributed by atoms with Gasteiger partial charge in [-0.1, -0.05) is 12.1 Å². The summed E-state index contributed by atoms with van der Waals surface area (Å²) >= 11 is 0. The minimum Gasteiger partial charge on any atom is -0.479 e. The smallest absolute Gasteiger partial charge is 0.410 e. The molecular weight excluding hydrogens is 560 g/mol. The number of nitrogens with zero attached hydrogens (tertiary/aromatic N) is 5. The molecule has 1 saturated heterocycles. The van der Waals surface area contributed by atoms with E-state index < -0.39 is 35.5 Å². The molecule has 226 valence electrons. The Morgan fingerprint density at radius 2 is 1.77 bits per heavy atom. The van der Waals surface area contributed by atoms with Crippen LogP contribution in [0.2, 0.25) is 0 Å². The van der Waals surface area contributed by atoms with Gasteiger partial charge in [0, 0.05) is 55.1 Å². The van der Waals surface area contributed by atoms with Gasteiger partial charge in [-0.25, -0.2) is 23.4 Å². The topological polar surface area (TPSA) is 108 Å². The maximum absolute atomic E-state index is 15.4. The third kappa shape index (κ3) is 5.41. The molecule has 1 aromatic heterocycles. The van der Waals surface area contributed by atoms with Gasteiger partial charge in [-0.15, -0.1) is 0 Å². The number of benzene rings is 2. The number of carbonyl (C=O) groups excluding carboxylic acids is 2. The molecule has 10 nitrogen and oxygen atoms in total. The van der Waals surface area contributed by atoms with Crippen molar-refractivity contribution in [3.8, 4) is 11.1 Å². The van der Waals surface area contributed by atoms with E-state index in [4.69, 9.17) is 4.74 Å². The number of amides is 2. The fraction of sp³-hybridized carbons (Fsp3) is 0.419. The van der Waals surface area contributed by atoms with E-state index in [0.717, 1.165) is 10.6 Å². The Morgan fingerprint density at radius 1 is 1.07 bits per heavy atom. The van der Waals surface area contributed by atoms with Gasteiger partial charge in [0.15, 0.2) is 6.04 Å². The maximum atomic E-state index is 15.4. The van der Waals surface area contributed by atoms with Crippen molar-refractivity contribution in [1.29, 1.82) is 0 Å². The molecule has 2 atom stereocenters. The number of carboxylic acid groups (broad SMARTS) is 1. The Labute approximate surface area is 247 Å². The van der Waals surface area contributed by atoms with Crippen molar-refractivity contribution in [2.75, 3.05) is 31.1 Å². The summed E-state index contributed by atoms with van der Waals surface area (Å²) in [5.74, 6) is -2.53. The van der Waals surface area contributed by atoms with Crippen LogP contribution in [0.3, 0.4) is 0 Å². The van der Waals surface area contributed by atoms with Gasteiger partial charge in [-0.05, 0) is 56.2 Å². The van der Waals surface area contributed by atoms with Crippen LogP contribution in [0.4, 0.5) is 19.3 Å². The van der Waals surface area contributed by atoms with Crippen molar-refractivity contribution in [2.24, 2.45) is 0 Å². The zero-order valence-electron chi connectivity index (χ0n) is 24.2. The predicted octanol–water partition coefficient (Wildman–Crippen LogP) is 4.42. The number of carbonyl (C=O) groups is 3. The van der Waals surface area contributed by atoms with Crippen molar-refractivity contribution in [3.63, 3.8) is 0 Å². The highest BCUT2D eigenvalue weighted by atomic mass is 19.1. The Morgan fingerprint density at radius 3 is 2.42 bits per heavy atom. The Bertz CT molecular complexity index is 1590. The molecule has 1 fully saturated rings. The monoisotopic (exact) mass is 593 g/mol. The zero-order valence-corrected chi connectivity index (χ0v) is 24.2. The second-order valence-electron chi connectivity index (χ2n) is 12.2. The van der Waals surface area contributed by atoms with Crippen LogP contribution in [-0.2, 0) is 29.0 Å². The number of hydrogen-bond donors (Lipinski definition) is 1. The molecular formula is C31H33F2N5O5. The highest BCUT2D eigenvalue weighted by molar-refractivity contribution is 6.01. The average molecular weight is 594 g/mol. The largest absolute Gasteiger partial charge is 0.479 e. The number of fused-ring (bicyclic) bond motifs is 2. The summed E-state index contributed by atoms with van der Waals surface area (Å²) in [4.78, 5) is 47.3. The van der Waals surface area contributed by atoms with Crippen LogP contribution in [0.1, 0.15) is 54.1 Å². The third-order valence-corrected chi connectivity index (χ3v) is 8.11. The van der Waals surface area contributed by atoms with Gasteiger partial charge in [0.25, 0.3) is 5.91 Å². The number of anilines is 1. The molecule has 3 aliphatic rings. The quantitative estimate of drug-likeness (QED) is 0.467. The summed E-state index contributed by atoms with van der Waals surface area (Å²) in [5.41, 5.74) is 2.35. The van der Waals surface area contributed by atoms with Crippen LogP contribution in [0.5, 0.6) is 0 Å². The minimum atomic E-state index is -1.46. The molecule has 1 N–H and O–H groups in total. The zero-order chi connectivity index (χ0) is 30.6. The van der Waals surface area contributed by atoms with E-state index in [2.05, 4.69) is 9.88 Å². The molecule has 0 saturated carbocycles. The van der Waals surface area contributed by atoms with E-state index >= 15 is 4.39 Å². The van der Waals surface area contributed by atoms with Gasteiger partial charge in [0.05, 0.1) is 25.1 Å². The standard InChI is InChI=1S/C31H33F2N5O5/c1-31(2,3)43-30(42)36-10-8-35(9-11-36)21-6-4-18(5-7-21)19-12-22-23(24(33)13-19)16-38(28(22)39)27(29(40)41)26-25-14-20(32)15-37(25)17-34-26/h4-7,12-13,17,20,27H,8-11,14-16H2,1-3H3,(H,40,41). The lowest BCUT2D eigenvalue weighted by molar-refractivity contribution is -0.142. The Kier molecular flexibility index (Phi) is 7.10.